The Hall–Kier alpha value is -1.09. The molecule has 0 rings (SSSR count). The number of rotatable bonds is 16. The van der Waals surface area contributed by atoms with Crippen LogP contribution in [0.3, 0.4) is 0 Å². The summed E-state index contributed by atoms with van der Waals surface area (Å²) in [4.78, 5) is 10.3. The number of carbonyl (C=O) groups is 1. The van der Waals surface area contributed by atoms with Gasteiger partial charge in [-0.3, -0.25) is 4.79 Å². The van der Waals surface area contributed by atoms with Gasteiger partial charge in [0.15, 0.2) is 0 Å². The lowest BCUT2D eigenvalue weighted by Crippen LogP contribution is -1.92. The number of aliphatic carboxylic acids is 1. The summed E-state index contributed by atoms with van der Waals surface area (Å²) < 4.78 is 0. The van der Waals surface area contributed by atoms with E-state index in [9.17, 15) is 4.79 Å². The SMILES string of the molecule is O=C(O)CCC/C=C\CCCCCCC/C=C\CCCCO. The first kappa shape index (κ1) is 20.9. The minimum absolute atomic E-state index is 0.278. The standard InChI is InChI=1S/C19H34O3/c20-18-16-14-12-10-8-6-4-2-1-3-5-7-9-11-13-15-17-19(21)22/h8-11,20H,1-7,12-18H2,(H,21,22)/b10-8-,11-9-. The molecule has 0 bridgehead atoms. The minimum atomic E-state index is -0.701. The Labute approximate surface area is 136 Å². The van der Waals surface area contributed by atoms with Crippen molar-refractivity contribution in [1.29, 1.82) is 0 Å². The molecule has 0 saturated carbocycles. The molecule has 0 atom stereocenters. The third-order valence-corrected chi connectivity index (χ3v) is 3.62. The van der Waals surface area contributed by atoms with E-state index in [1.54, 1.807) is 0 Å². The zero-order chi connectivity index (χ0) is 16.3. The summed E-state index contributed by atoms with van der Waals surface area (Å²) in [7, 11) is 0. The number of aliphatic hydroxyl groups is 1. The molecule has 0 spiro atoms. The van der Waals surface area contributed by atoms with Crippen molar-refractivity contribution in [2.75, 3.05) is 6.61 Å². The Balaban J connectivity index is 3.13. The number of aliphatic hydroxyl groups excluding tert-OH is 1. The van der Waals surface area contributed by atoms with Crippen LogP contribution in [0, 0.1) is 0 Å². The van der Waals surface area contributed by atoms with Crippen LogP contribution in [-0.4, -0.2) is 22.8 Å². The van der Waals surface area contributed by atoms with Crippen LogP contribution in [0.1, 0.15) is 83.5 Å². The molecule has 0 aromatic heterocycles. The summed E-state index contributed by atoms with van der Waals surface area (Å²) in [5.41, 5.74) is 0. The highest BCUT2D eigenvalue weighted by atomic mass is 16.4. The third-order valence-electron chi connectivity index (χ3n) is 3.62. The molecule has 0 aromatic rings. The van der Waals surface area contributed by atoms with Crippen LogP contribution in [0.4, 0.5) is 0 Å². The topological polar surface area (TPSA) is 57.5 Å². The maximum Gasteiger partial charge on any atom is 0.303 e. The molecule has 128 valence electrons. The third kappa shape index (κ3) is 18.9. The Morgan fingerprint density at radius 3 is 1.50 bits per heavy atom. The van der Waals surface area contributed by atoms with Gasteiger partial charge in [0.25, 0.3) is 0 Å². The Kier molecular flexibility index (Phi) is 17.1. The second kappa shape index (κ2) is 18.0. The van der Waals surface area contributed by atoms with Crippen molar-refractivity contribution in [3.8, 4) is 0 Å². The van der Waals surface area contributed by atoms with Crippen molar-refractivity contribution in [2.45, 2.75) is 83.5 Å². The van der Waals surface area contributed by atoms with Gasteiger partial charge in [0.1, 0.15) is 0 Å². The van der Waals surface area contributed by atoms with Gasteiger partial charge in [0.2, 0.25) is 0 Å². The van der Waals surface area contributed by atoms with Crippen molar-refractivity contribution in [1.82, 2.24) is 0 Å². The van der Waals surface area contributed by atoms with E-state index in [0.29, 0.717) is 6.61 Å². The summed E-state index contributed by atoms with van der Waals surface area (Å²) in [5.74, 6) is -0.701. The smallest absolute Gasteiger partial charge is 0.303 e. The zero-order valence-corrected chi connectivity index (χ0v) is 14.0. The first-order chi connectivity index (χ1) is 10.8. The molecule has 0 radical (unpaired) electrons. The average Bonchev–Trinajstić information content (AvgIpc) is 2.50. The van der Waals surface area contributed by atoms with E-state index in [-0.39, 0.29) is 6.42 Å². The number of carboxylic acids is 1. The fourth-order valence-corrected chi connectivity index (χ4v) is 2.27. The Bertz CT molecular complexity index is 295. The summed E-state index contributed by atoms with van der Waals surface area (Å²) in [6.45, 7) is 0.311. The summed E-state index contributed by atoms with van der Waals surface area (Å²) in [5, 5.41) is 17.2. The van der Waals surface area contributed by atoms with Gasteiger partial charge in [-0.2, -0.15) is 0 Å². The van der Waals surface area contributed by atoms with E-state index in [1.807, 2.05) is 0 Å². The van der Waals surface area contributed by atoms with Gasteiger partial charge >= 0.3 is 5.97 Å². The molecule has 3 nitrogen and oxygen atoms in total. The molecule has 2 N–H and O–H groups in total. The molecule has 0 aliphatic carbocycles. The number of unbranched alkanes of at least 4 members (excludes halogenated alkanes) is 9. The highest BCUT2D eigenvalue weighted by Crippen LogP contribution is 2.09. The quantitative estimate of drug-likeness (QED) is 0.302. The molecule has 0 fully saturated rings. The van der Waals surface area contributed by atoms with E-state index < -0.39 is 5.97 Å². The normalized spacial score (nSPS) is 11.7. The molecule has 3 heteroatoms. The van der Waals surface area contributed by atoms with Gasteiger partial charge in [-0.25, -0.2) is 0 Å². The molecule has 22 heavy (non-hydrogen) atoms. The fourth-order valence-electron chi connectivity index (χ4n) is 2.27. The highest BCUT2D eigenvalue weighted by Gasteiger charge is 1.93. The van der Waals surface area contributed by atoms with Crippen molar-refractivity contribution < 1.29 is 15.0 Å². The van der Waals surface area contributed by atoms with Crippen LogP contribution < -0.4 is 0 Å². The van der Waals surface area contributed by atoms with Crippen LogP contribution in [0.2, 0.25) is 0 Å². The Morgan fingerprint density at radius 2 is 1.05 bits per heavy atom. The lowest BCUT2D eigenvalue weighted by Gasteiger charge is -1.98. The van der Waals surface area contributed by atoms with Crippen LogP contribution in [0.25, 0.3) is 0 Å². The van der Waals surface area contributed by atoms with E-state index in [2.05, 4.69) is 24.3 Å². The molecular weight excluding hydrogens is 276 g/mol. The second-order valence-corrected chi connectivity index (χ2v) is 5.79. The summed E-state index contributed by atoms with van der Waals surface area (Å²) >= 11 is 0. The fraction of sp³-hybridized carbons (Fsp3) is 0.737. The van der Waals surface area contributed by atoms with Crippen LogP contribution in [0.15, 0.2) is 24.3 Å². The van der Waals surface area contributed by atoms with Gasteiger partial charge < -0.3 is 10.2 Å². The average molecular weight is 310 g/mol. The number of hydrogen-bond acceptors (Lipinski definition) is 2. The number of hydrogen-bond donors (Lipinski definition) is 2. The Morgan fingerprint density at radius 1 is 0.636 bits per heavy atom. The maximum absolute atomic E-state index is 10.3. The monoisotopic (exact) mass is 310 g/mol. The molecule has 0 heterocycles. The number of carboxylic acid groups (broad SMARTS) is 1. The van der Waals surface area contributed by atoms with Gasteiger partial charge in [-0.05, 0) is 57.8 Å². The van der Waals surface area contributed by atoms with Crippen molar-refractivity contribution in [3.63, 3.8) is 0 Å². The molecule has 0 aliphatic heterocycles. The van der Waals surface area contributed by atoms with Gasteiger partial charge in [-0.15, -0.1) is 0 Å². The van der Waals surface area contributed by atoms with E-state index in [4.69, 9.17) is 10.2 Å². The second-order valence-electron chi connectivity index (χ2n) is 5.79. The zero-order valence-electron chi connectivity index (χ0n) is 14.0. The van der Waals surface area contributed by atoms with Crippen molar-refractivity contribution in [3.05, 3.63) is 24.3 Å². The van der Waals surface area contributed by atoms with Crippen LogP contribution in [0.5, 0.6) is 0 Å². The van der Waals surface area contributed by atoms with E-state index in [1.165, 1.54) is 38.5 Å². The molecule has 0 aromatic carbocycles. The lowest BCUT2D eigenvalue weighted by molar-refractivity contribution is -0.137. The lowest BCUT2D eigenvalue weighted by atomic mass is 10.1. The highest BCUT2D eigenvalue weighted by molar-refractivity contribution is 5.66. The molecule has 0 saturated heterocycles. The first-order valence-corrected chi connectivity index (χ1v) is 8.90. The minimum Gasteiger partial charge on any atom is -0.481 e. The first-order valence-electron chi connectivity index (χ1n) is 8.90. The number of allylic oxidation sites excluding steroid dienone is 4. The largest absolute Gasteiger partial charge is 0.481 e. The predicted molar refractivity (Wildman–Crippen MR) is 93.0 cm³/mol. The van der Waals surface area contributed by atoms with Gasteiger partial charge in [0, 0.05) is 13.0 Å². The van der Waals surface area contributed by atoms with Crippen molar-refractivity contribution in [2.24, 2.45) is 0 Å². The molecule has 0 unspecified atom stereocenters. The van der Waals surface area contributed by atoms with Gasteiger partial charge in [0.05, 0.1) is 0 Å². The summed E-state index contributed by atoms with van der Waals surface area (Å²) in [6, 6.07) is 0. The van der Waals surface area contributed by atoms with Crippen molar-refractivity contribution >= 4 is 5.97 Å². The molecule has 0 aliphatic rings. The van der Waals surface area contributed by atoms with E-state index in [0.717, 1.165) is 38.5 Å². The van der Waals surface area contributed by atoms with Crippen LogP contribution >= 0.6 is 0 Å². The van der Waals surface area contributed by atoms with E-state index >= 15 is 0 Å². The molecule has 0 amide bonds. The van der Waals surface area contributed by atoms with Gasteiger partial charge in [-0.1, -0.05) is 43.6 Å². The predicted octanol–water partition coefficient (Wildman–Crippen LogP) is 5.25. The molecular formula is C19H34O3. The maximum atomic E-state index is 10.3. The van der Waals surface area contributed by atoms with Crippen LogP contribution in [-0.2, 0) is 4.79 Å². The summed E-state index contributed by atoms with van der Waals surface area (Å²) in [6.07, 6.45) is 22.6.